The van der Waals surface area contributed by atoms with Crippen molar-refractivity contribution in [2.24, 2.45) is 5.92 Å². The van der Waals surface area contributed by atoms with E-state index in [1.54, 1.807) is 18.2 Å². The molecule has 2 saturated heterocycles. The zero-order chi connectivity index (χ0) is 15.6. The lowest BCUT2D eigenvalue weighted by Gasteiger charge is -2.19. The van der Waals surface area contributed by atoms with Crippen LogP contribution < -0.4 is 10.1 Å². The van der Waals surface area contributed by atoms with Crippen molar-refractivity contribution < 1.29 is 13.9 Å². The lowest BCUT2D eigenvalue weighted by molar-refractivity contribution is 0.0941. The van der Waals surface area contributed by atoms with Crippen LogP contribution in [0.1, 0.15) is 19.3 Å². The molecule has 0 aliphatic carbocycles. The van der Waals surface area contributed by atoms with Crippen LogP contribution in [0.2, 0.25) is 0 Å². The van der Waals surface area contributed by atoms with Crippen molar-refractivity contribution in [3.63, 3.8) is 0 Å². The zero-order valence-electron chi connectivity index (χ0n) is 12.9. The largest absolute Gasteiger partial charge is 0.454 e. The molecule has 0 spiro atoms. The third kappa shape index (κ3) is 3.17. The summed E-state index contributed by atoms with van der Waals surface area (Å²) in [6, 6.07) is 14.0. The molecule has 4 heteroatoms. The highest BCUT2D eigenvalue weighted by atomic mass is 19.1. The molecule has 2 aromatic carbocycles. The van der Waals surface area contributed by atoms with Crippen molar-refractivity contribution >= 4 is 5.69 Å². The minimum Gasteiger partial charge on any atom is -0.454 e. The third-order valence-electron chi connectivity index (χ3n) is 4.72. The smallest absolute Gasteiger partial charge is 0.165 e. The highest BCUT2D eigenvalue weighted by Gasteiger charge is 2.40. The van der Waals surface area contributed by atoms with Crippen LogP contribution in [0.4, 0.5) is 10.1 Å². The van der Waals surface area contributed by atoms with Gasteiger partial charge >= 0.3 is 0 Å². The Morgan fingerprint density at radius 3 is 2.61 bits per heavy atom. The summed E-state index contributed by atoms with van der Waals surface area (Å²) < 4.78 is 25.0. The predicted octanol–water partition coefficient (Wildman–Crippen LogP) is 4.60. The first kappa shape index (κ1) is 14.5. The fourth-order valence-corrected chi connectivity index (χ4v) is 3.50. The van der Waals surface area contributed by atoms with Gasteiger partial charge < -0.3 is 14.8 Å². The van der Waals surface area contributed by atoms with Gasteiger partial charge in [0.05, 0.1) is 12.2 Å². The highest BCUT2D eigenvalue weighted by Crippen LogP contribution is 2.38. The number of para-hydroxylation sites is 1. The first-order valence-corrected chi connectivity index (χ1v) is 8.20. The summed E-state index contributed by atoms with van der Waals surface area (Å²) in [6.45, 7) is 0.939. The molecule has 3 atom stereocenters. The molecule has 120 valence electrons. The van der Waals surface area contributed by atoms with E-state index >= 15 is 0 Å². The molecule has 0 radical (unpaired) electrons. The first-order valence-electron chi connectivity index (χ1n) is 8.20. The second-order valence-corrected chi connectivity index (χ2v) is 6.31. The van der Waals surface area contributed by atoms with E-state index in [-0.39, 0.29) is 11.6 Å². The van der Waals surface area contributed by atoms with Crippen molar-refractivity contribution in [2.75, 3.05) is 11.9 Å². The molecule has 2 bridgehead atoms. The Morgan fingerprint density at radius 2 is 1.91 bits per heavy atom. The maximum absolute atomic E-state index is 13.6. The van der Waals surface area contributed by atoms with Gasteiger partial charge in [-0.05, 0) is 55.7 Å². The van der Waals surface area contributed by atoms with E-state index in [1.807, 2.05) is 24.3 Å². The normalized spacial score (nSPS) is 25.5. The Balaban J connectivity index is 1.34. The lowest BCUT2D eigenvalue weighted by atomic mass is 9.89. The van der Waals surface area contributed by atoms with Crippen molar-refractivity contribution in [3.05, 3.63) is 54.3 Å². The minimum atomic E-state index is -0.356. The number of halogens is 1. The van der Waals surface area contributed by atoms with Crippen LogP contribution >= 0.6 is 0 Å². The second kappa shape index (κ2) is 6.20. The molecule has 0 saturated carbocycles. The van der Waals surface area contributed by atoms with Crippen LogP contribution in [0.25, 0.3) is 0 Å². The number of fused-ring (bicyclic) bond motifs is 2. The van der Waals surface area contributed by atoms with Gasteiger partial charge in [-0.25, -0.2) is 4.39 Å². The molecule has 0 amide bonds. The Morgan fingerprint density at radius 1 is 1.09 bits per heavy atom. The van der Waals surface area contributed by atoms with E-state index in [4.69, 9.17) is 9.47 Å². The van der Waals surface area contributed by atoms with Gasteiger partial charge in [0.1, 0.15) is 5.75 Å². The Bertz CT molecular complexity index is 673. The molecule has 3 unspecified atom stereocenters. The van der Waals surface area contributed by atoms with E-state index < -0.39 is 0 Å². The SMILES string of the molecule is Fc1ccccc1Oc1ccc(NCC2CC3CCC2O3)cc1. The molecule has 3 nitrogen and oxygen atoms in total. The van der Waals surface area contributed by atoms with Gasteiger partial charge in [-0.3, -0.25) is 0 Å². The summed E-state index contributed by atoms with van der Waals surface area (Å²) in [7, 11) is 0. The number of hydrogen-bond acceptors (Lipinski definition) is 3. The summed E-state index contributed by atoms with van der Waals surface area (Å²) in [5, 5.41) is 3.46. The molecule has 2 aliphatic rings. The fraction of sp³-hybridized carbons (Fsp3) is 0.368. The van der Waals surface area contributed by atoms with Gasteiger partial charge in [-0.15, -0.1) is 0 Å². The van der Waals surface area contributed by atoms with Crippen LogP contribution in [0.5, 0.6) is 11.5 Å². The van der Waals surface area contributed by atoms with E-state index in [9.17, 15) is 4.39 Å². The molecule has 1 N–H and O–H groups in total. The molecule has 2 fully saturated rings. The maximum Gasteiger partial charge on any atom is 0.165 e. The molecule has 2 heterocycles. The molecule has 0 aromatic heterocycles. The Kier molecular flexibility index (Phi) is 3.92. The van der Waals surface area contributed by atoms with E-state index in [0.29, 0.717) is 23.9 Å². The fourth-order valence-electron chi connectivity index (χ4n) is 3.50. The summed E-state index contributed by atoms with van der Waals surface area (Å²) in [4.78, 5) is 0. The van der Waals surface area contributed by atoms with Crippen LogP contribution in [0, 0.1) is 11.7 Å². The maximum atomic E-state index is 13.6. The van der Waals surface area contributed by atoms with Crippen molar-refractivity contribution in [3.8, 4) is 11.5 Å². The average molecular weight is 313 g/mol. The predicted molar refractivity (Wildman–Crippen MR) is 87.4 cm³/mol. The molecule has 2 aromatic rings. The Hall–Kier alpha value is -2.07. The van der Waals surface area contributed by atoms with Gasteiger partial charge in [-0.2, -0.15) is 0 Å². The van der Waals surface area contributed by atoms with Gasteiger partial charge in [0.15, 0.2) is 11.6 Å². The van der Waals surface area contributed by atoms with Crippen LogP contribution in [-0.4, -0.2) is 18.8 Å². The van der Waals surface area contributed by atoms with Crippen LogP contribution in [-0.2, 0) is 4.74 Å². The van der Waals surface area contributed by atoms with Crippen molar-refractivity contribution in [1.29, 1.82) is 0 Å². The Labute approximate surface area is 135 Å². The molecular formula is C19H20FNO2. The number of nitrogens with one attached hydrogen (secondary N) is 1. The number of anilines is 1. The van der Waals surface area contributed by atoms with Gasteiger partial charge in [-0.1, -0.05) is 12.1 Å². The number of ether oxygens (including phenoxy) is 2. The van der Waals surface area contributed by atoms with Gasteiger partial charge in [0.25, 0.3) is 0 Å². The minimum absolute atomic E-state index is 0.243. The monoisotopic (exact) mass is 313 g/mol. The molecular weight excluding hydrogens is 293 g/mol. The van der Waals surface area contributed by atoms with Crippen molar-refractivity contribution in [1.82, 2.24) is 0 Å². The van der Waals surface area contributed by atoms with Crippen LogP contribution in [0.15, 0.2) is 48.5 Å². The summed E-state index contributed by atoms with van der Waals surface area (Å²) >= 11 is 0. The van der Waals surface area contributed by atoms with Crippen molar-refractivity contribution in [2.45, 2.75) is 31.5 Å². The lowest BCUT2D eigenvalue weighted by Crippen LogP contribution is -2.24. The average Bonchev–Trinajstić information content (AvgIpc) is 3.19. The third-order valence-corrected chi connectivity index (χ3v) is 4.72. The van der Waals surface area contributed by atoms with Gasteiger partial charge in [0.2, 0.25) is 0 Å². The van der Waals surface area contributed by atoms with E-state index in [1.165, 1.54) is 25.3 Å². The second-order valence-electron chi connectivity index (χ2n) is 6.31. The highest BCUT2D eigenvalue weighted by molar-refractivity contribution is 5.47. The number of benzene rings is 2. The number of hydrogen-bond donors (Lipinski definition) is 1. The summed E-state index contributed by atoms with van der Waals surface area (Å²) in [5.41, 5.74) is 1.05. The van der Waals surface area contributed by atoms with E-state index in [2.05, 4.69) is 5.32 Å². The standard InChI is InChI=1S/C19H20FNO2/c20-17-3-1-2-4-19(17)22-15-7-5-14(6-8-15)21-12-13-11-16-9-10-18(13)23-16/h1-8,13,16,18,21H,9-12H2. The van der Waals surface area contributed by atoms with E-state index in [0.717, 1.165) is 12.2 Å². The van der Waals surface area contributed by atoms with Gasteiger partial charge in [0, 0.05) is 18.2 Å². The topological polar surface area (TPSA) is 30.5 Å². The first-order chi connectivity index (χ1) is 11.3. The summed E-state index contributed by atoms with van der Waals surface area (Å²) in [5.74, 6) is 1.13. The molecule has 4 rings (SSSR count). The molecule has 2 aliphatic heterocycles. The van der Waals surface area contributed by atoms with Crippen LogP contribution in [0.3, 0.4) is 0 Å². The summed E-state index contributed by atoms with van der Waals surface area (Å²) in [6.07, 6.45) is 4.53. The quantitative estimate of drug-likeness (QED) is 0.875. The zero-order valence-corrected chi connectivity index (χ0v) is 12.9. The molecule has 23 heavy (non-hydrogen) atoms. The number of rotatable bonds is 5.